The smallest absolute Gasteiger partial charge is 0.254 e. The molecule has 3 rings (SSSR count). The molecule has 120 valence electrons. The molecule has 1 N–H and O–H groups in total. The summed E-state index contributed by atoms with van der Waals surface area (Å²) in [5.74, 6) is 1.45. The highest BCUT2D eigenvalue weighted by atomic mass is 16.7. The van der Waals surface area contributed by atoms with Gasteiger partial charge in [0.1, 0.15) is 12.4 Å². The summed E-state index contributed by atoms with van der Waals surface area (Å²) < 4.78 is 11.8. The first-order valence-corrected chi connectivity index (χ1v) is 7.33. The monoisotopic (exact) mass is 315 g/mol. The number of hydrogen-bond donors (Lipinski definition) is 1. The molecule has 1 aliphatic rings. The van der Waals surface area contributed by atoms with Crippen LogP contribution in [0.5, 0.6) is 11.5 Å². The second-order valence-electron chi connectivity index (χ2n) is 5.19. The van der Waals surface area contributed by atoms with Gasteiger partial charge in [-0.1, -0.05) is 6.92 Å². The molecule has 1 aromatic heterocycles. The zero-order valence-corrected chi connectivity index (χ0v) is 13.0. The number of anilines is 1. The van der Waals surface area contributed by atoms with Crippen molar-refractivity contribution < 1.29 is 14.3 Å². The molecule has 0 atom stereocenters. The Morgan fingerprint density at radius 1 is 1.30 bits per heavy atom. The van der Waals surface area contributed by atoms with E-state index in [1.807, 2.05) is 6.92 Å². The van der Waals surface area contributed by atoms with Crippen molar-refractivity contribution in [3.05, 3.63) is 46.1 Å². The molecule has 7 heteroatoms. The van der Waals surface area contributed by atoms with Crippen molar-refractivity contribution in [2.75, 3.05) is 12.1 Å². The number of benzene rings is 1. The van der Waals surface area contributed by atoms with Gasteiger partial charge >= 0.3 is 0 Å². The van der Waals surface area contributed by atoms with Crippen LogP contribution in [0.2, 0.25) is 0 Å². The molecule has 1 aliphatic heterocycles. The minimum absolute atomic E-state index is 0.0872. The fourth-order valence-electron chi connectivity index (χ4n) is 2.37. The van der Waals surface area contributed by atoms with E-state index in [0.29, 0.717) is 29.4 Å². The van der Waals surface area contributed by atoms with Crippen LogP contribution in [0.3, 0.4) is 0 Å². The average Bonchev–Trinajstić information content (AvgIpc) is 2.98. The number of rotatable bonds is 4. The molecule has 7 nitrogen and oxygen atoms in total. The van der Waals surface area contributed by atoms with Crippen LogP contribution < -0.4 is 20.3 Å². The van der Waals surface area contributed by atoms with Gasteiger partial charge in [-0.05, 0) is 25.5 Å². The SMILES string of the molecule is CCc1cc(=O)n(CC(=O)Nc2ccc3c(c2)OCO3)c(C)n1. The molecule has 1 amide bonds. The van der Waals surface area contributed by atoms with Crippen molar-refractivity contribution in [1.29, 1.82) is 0 Å². The molecule has 0 unspecified atom stereocenters. The number of carbonyl (C=O) groups is 1. The fourth-order valence-corrected chi connectivity index (χ4v) is 2.37. The quantitative estimate of drug-likeness (QED) is 0.924. The molecule has 0 spiro atoms. The predicted octanol–water partition coefficient (Wildman–Crippen LogP) is 1.48. The van der Waals surface area contributed by atoms with Crippen LogP contribution >= 0.6 is 0 Å². The molecule has 0 aliphatic carbocycles. The van der Waals surface area contributed by atoms with Gasteiger partial charge in [-0.15, -0.1) is 0 Å². The normalized spacial score (nSPS) is 12.3. The van der Waals surface area contributed by atoms with Gasteiger partial charge in [0.05, 0.1) is 0 Å². The van der Waals surface area contributed by atoms with E-state index in [4.69, 9.17) is 9.47 Å². The van der Waals surface area contributed by atoms with Crippen molar-refractivity contribution in [3.63, 3.8) is 0 Å². The lowest BCUT2D eigenvalue weighted by molar-refractivity contribution is -0.116. The maximum atomic E-state index is 12.2. The number of nitrogens with zero attached hydrogens (tertiary/aromatic N) is 2. The largest absolute Gasteiger partial charge is 0.454 e. The Balaban J connectivity index is 1.74. The van der Waals surface area contributed by atoms with Crippen molar-refractivity contribution in [2.45, 2.75) is 26.8 Å². The van der Waals surface area contributed by atoms with E-state index in [-0.39, 0.29) is 24.8 Å². The summed E-state index contributed by atoms with van der Waals surface area (Å²) in [6.45, 7) is 3.74. The van der Waals surface area contributed by atoms with E-state index < -0.39 is 0 Å². The van der Waals surface area contributed by atoms with Crippen LogP contribution in [0, 0.1) is 6.92 Å². The van der Waals surface area contributed by atoms with Crippen LogP contribution in [0.15, 0.2) is 29.1 Å². The number of hydrogen-bond acceptors (Lipinski definition) is 5. The topological polar surface area (TPSA) is 82.5 Å². The molecular formula is C16H17N3O4. The maximum absolute atomic E-state index is 12.2. The molecule has 0 saturated heterocycles. The number of aryl methyl sites for hydroxylation is 2. The van der Waals surface area contributed by atoms with Gasteiger partial charge in [-0.2, -0.15) is 0 Å². The van der Waals surface area contributed by atoms with Gasteiger partial charge in [0, 0.05) is 23.5 Å². The third kappa shape index (κ3) is 3.18. The predicted molar refractivity (Wildman–Crippen MR) is 83.8 cm³/mol. The minimum atomic E-state index is -0.305. The first-order chi connectivity index (χ1) is 11.1. The molecule has 2 heterocycles. The summed E-state index contributed by atoms with van der Waals surface area (Å²) in [7, 11) is 0. The van der Waals surface area contributed by atoms with E-state index in [9.17, 15) is 9.59 Å². The van der Waals surface area contributed by atoms with E-state index in [0.717, 1.165) is 5.69 Å². The van der Waals surface area contributed by atoms with Crippen molar-refractivity contribution in [2.24, 2.45) is 0 Å². The maximum Gasteiger partial charge on any atom is 0.254 e. The number of nitrogens with one attached hydrogen (secondary N) is 1. The Hall–Kier alpha value is -2.83. The van der Waals surface area contributed by atoms with Gasteiger partial charge < -0.3 is 14.8 Å². The van der Waals surface area contributed by atoms with Gasteiger partial charge in [0.15, 0.2) is 11.5 Å². The number of fused-ring (bicyclic) bond motifs is 1. The molecule has 0 radical (unpaired) electrons. The highest BCUT2D eigenvalue weighted by Gasteiger charge is 2.15. The van der Waals surface area contributed by atoms with Crippen LogP contribution in [0.1, 0.15) is 18.4 Å². The second-order valence-corrected chi connectivity index (χ2v) is 5.19. The molecule has 2 aromatic rings. The lowest BCUT2D eigenvalue weighted by Crippen LogP contribution is -2.30. The Morgan fingerprint density at radius 2 is 2.09 bits per heavy atom. The van der Waals surface area contributed by atoms with Crippen molar-refractivity contribution >= 4 is 11.6 Å². The lowest BCUT2D eigenvalue weighted by Gasteiger charge is -2.11. The summed E-state index contributed by atoms with van der Waals surface area (Å²) >= 11 is 0. The third-order valence-corrected chi connectivity index (χ3v) is 3.57. The first kappa shape index (κ1) is 15.1. The molecule has 1 aromatic carbocycles. The summed E-state index contributed by atoms with van der Waals surface area (Å²) in [6.07, 6.45) is 0.681. The molecular weight excluding hydrogens is 298 g/mol. The first-order valence-electron chi connectivity index (χ1n) is 7.33. The Morgan fingerprint density at radius 3 is 2.83 bits per heavy atom. The number of amides is 1. The van der Waals surface area contributed by atoms with Gasteiger partial charge in [0.25, 0.3) is 5.56 Å². The fraction of sp³-hybridized carbons (Fsp3) is 0.312. The molecule has 0 bridgehead atoms. The van der Waals surface area contributed by atoms with E-state index in [1.54, 1.807) is 25.1 Å². The number of ether oxygens (including phenoxy) is 2. The number of aromatic nitrogens is 2. The summed E-state index contributed by atoms with van der Waals surface area (Å²) in [5.41, 5.74) is 1.08. The Labute approximate surface area is 132 Å². The summed E-state index contributed by atoms with van der Waals surface area (Å²) in [4.78, 5) is 28.5. The van der Waals surface area contributed by atoms with Gasteiger partial charge in [-0.3, -0.25) is 14.2 Å². The van der Waals surface area contributed by atoms with E-state index >= 15 is 0 Å². The zero-order valence-electron chi connectivity index (χ0n) is 13.0. The molecule has 23 heavy (non-hydrogen) atoms. The van der Waals surface area contributed by atoms with Crippen LogP contribution in [-0.2, 0) is 17.8 Å². The van der Waals surface area contributed by atoms with E-state index in [1.165, 1.54) is 10.6 Å². The minimum Gasteiger partial charge on any atom is -0.454 e. The second kappa shape index (κ2) is 6.12. The molecule has 0 fully saturated rings. The Kier molecular flexibility index (Phi) is 4.01. The standard InChI is InChI=1S/C16H17N3O4/c1-3-11-7-16(21)19(10(2)17-11)8-15(20)18-12-4-5-13-14(6-12)23-9-22-13/h4-7H,3,8-9H2,1-2H3,(H,18,20). The average molecular weight is 315 g/mol. The zero-order chi connectivity index (χ0) is 16.4. The van der Waals surface area contributed by atoms with Gasteiger partial charge in [-0.25, -0.2) is 4.98 Å². The van der Waals surface area contributed by atoms with Crippen molar-refractivity contribution in [1.82, 2.24) is 9.55 Å². The summed E-state index contributed by atoms with van der Waals surface area (Å²) in [6, 6.07) is 6.60. The molecule has 0 saturated carbocycles. The van der Waals surface area contributed by atoms with Crippen LogP contribution in [-0.4, -0.2) is 22.3 Å². The van der Waals surface area contributed by atoms with Crippen LogP contribution in [0.25, 0.3) is 0 Å². The van der Waals surface area contributed by atoms with E-state index in [2.05, 4.69) is 10.3 Å². The van der Waals surface area contributed by atoms with Crippen molar-refractivity contribution in [3.8, 4) is 11.5 Å². The lowest BCUT2D eigenvalue weighted by atomic mass is 10.2. The highest BCUT2D eigenvalue weighted by Crippen LogP contribution is 2.34. The Bertz CT molecular complexity index is 813. The third-order valence-electron chi connectivity index (χ3n) is 3.57. The van der Waals surface area contributed by atoms with Gasteiger partial charge in [0.2, 0.25) is 12.7 Å². The highest BCUT2D eigenvalue weighted by molar-refractivity contribution is 5.91. The number of carbonyl (C=O) groups excluding carboxylic acids is 1. The van der Waals surface area contributed by atoms with Crippen LogP contribution in [0.4, 0.5) is 5.69 Å². The summed E-state index contributed by atoms with van der Waals surface area (Å²) in [5, 5.41) is 2.74.